The molecule has 0 atom stereocenters. The molecule has 0 spiro atoms. The molecule has 0 fully saturated rings. The lowest BCUT2D eigenvalue weighted by atomic mass is 10.0. The number of para-hydroxylation sites is 1. The fourth-order valence-corrected chi connectivity index (χ4v) is 3.02. The standard InChI is InChI=1S/C21H20N2S/c1-15-12-16(2)14-18(13-15)22-21(24)23-20-11-7-6-10-19(20)17-8-4-3-5-9-17/h3-14H,1-2H3,(H2,22,23,24). The third-order valence-electron chi connectivity index (χ3n) is 3.74. The molecule has 24 heavy (non-hydrogen) atoms. The normalized spacial score (nSPS) is 10.2. The van der Waals surface area contributed by atoms with E-state index >= 15 is 0 Å². The quantitative estimate of drug-likeness (QED) is 0.595. The van der Waals surface area contributed by atoms with Crippen LogP contribution >= 0.6 is 12.2 Å². The summed E-state index contributed by atoms with van der Waals surface area (Å²) >= 11 is 5.49. The Morgan fingerprint density at radius 2 is 1.38 bits per heavy atom. The third kappa shape index (κ3) is 4.00. The first kappa shape index (κ1) is 16.2. The molecule has 0 saturated heterocycles. The molecule has 0 bridgehead atoms. The van der Waals surface area contributed by atoms with E-state index in [1.165, 1.54) is 11.1 Å². The summed E-state index contributed by atoms with van der Waals surface area (Å²) in [5, 5.41) is 7.17. The molecule has 3 aromatic carbocycles. The van der Waals surface area contributed by atoms with E-state index in [-0.39, 0.29) is 0 Å². The average molecular weight is 332 g/mol. The van der Waals surface area contributed by atoms with Gasteiger partial charge >= 0.3 is 0 Å². The molecule has 3 aromatic rings. The van der Waals surface area contributed by atoms with E-state index in [9.17, 15) is 0 Å². The molecule has 0 aromatic heterocycles. The van der Waals surface area contributed by atoms with Crippen molar-refractivity contribution in [2.45, 2.75) is 13.8 Å². The molecule has 0 aliphatic heterocycles. The highest BCUT2D eigenvalue weighted by Gasteiger charge is 2.06. The maximum absolute atomic E-state index is 5.49. The van der Waals surface area contributed by atoms with Gasteiger partial charge in [0.1, 0.15) is 0 Å². The lowest BCUT2D eigenvalue weighted by Crippen LogP contribution is -2.19. The maximum atomic E-state index is 5.49. The van der Waals surface area contributed by atoms with Crippen LogP contribution < -0.4 is 10.6 Å². The average Bonchev–Trinajstić information content (AvgIpc) is 2.55. The van der Waals surface area contributed by atoms with Gasteiger partial charge in [-0.1, -0.05) is 54.6 Å². The first-order valence-electron chi connectivity index (χ1n) is 7.92. The van der Waals surface area contributed by atoms with Crippen molar-refractivity contribution in [3.63, 3.8) is 0 Å². The predicted molar refractivity (Wildman–Crippen MR) is 108 cm³/mol. The lowest BCUT2D eigenvalue weighted by molar-refractivity contribution is 1.38. The molecule has 0 heterocycles. The highest BCUT2D eigenvalue weighted by Crippen LogP contribution is 2.27. The Balaban J connectivity index is 1.80. The topological polar surface area (TPSA) is 24.1 Å². The molecule has 0 amide bonds. The zero-order chi connectivity index (χ0) is 16.9. The second-order valence-corrected chi connectivity index (χ2v) is 6.28. The summed E-state index contributed by atoms with van der Waals surface area (Å²) in [5.74, 6) is 0. The summed E-state index contributed by atoms with van der Waals surface area (Å²) < 4.78 is 0. The first-order valence-corrected chi connectivity index (χ1v) is 8.33. The van der Waals surface area contributed by atoms with Crippen LogP contribution in [0.2, 0.25) is 0 Å². The summed E-state index contributed by atoms with van der Waals surface area (Å²) in [6.07, 6.45) is 0. The summed E-state index contributed by atoms with van der Waals surface area (Å²) in [5.41, 5.74) is 6.71. The van der Waals surface area contributed by atoms with Gasteiger partial charge in [-0.15, -0.1) is 0 Å². The number of rotatable bonds is 3. The fourth-order valence-electron chi connectivity index (χ4n) is 2.79. The SMILES string of the molecule is Cc1cc(C)cc(NC(=S)Nc2ccccc2-c2ccccc2)c1. The number of nitrogens with one attached hydrogen (secondary N) is 2. The molecular weight excluding hydrogens is 312 g/mol. The Hall–Kier alpha value is -2.65. The molecule has 120 valence electrons. The third-order valence-corrected chi connectivity index (χ3v) is 3.94. The second-order valence-electron chi connectivity index (χ2n) is 5.87. The van der Waals surface area contributed by atoms with Crippen molar-refractivity contribution in [1.82, 2.24) is 0 Å². The Labute approximate surface area is 148 Å². The molecule has 2 nitrogen and oxygen atoms in total. The minimum Gasteiger partial charge on any atom is -0.332 e. The number of hydrogen-bond donors (Lipinski definition) is 2. The molecule has 3 heteroatoms. The smallest absolute Gasteiger partial charge is 0.175 e. The minimum absolute atomic E-state index is 0.586. The van der Waals surface area contributed by atoms with E-state index in [0.717, 1.165) is 22.5 Å². The molecule has 0 aliphatic rings. The second kappa shape index (κ2) is 7.28. The summed E-state index contributed by atoms with van der Waals surface area (Å²) in [4.78, 5) is 0. The van der Waals surface area contributed by atoms with Crippen LogP contribution in [-0.2, 0) is 0 Å². The van der Waals surface area contributed by atoms with Gasteiger partial charge in [0.15, 0.2) is 5.11 Å². The largest absolute Gasteiger partial charge is 0.332 e. The Morgan fingerprint density at radius 1 is 0.750 bits per heavy atom. The van der Waals surface area contributed by atoms with Crippen molar-refractivity contribution >= 4 is 28.7 Å². The van der Waals surface area contributed by atoms with Gasteiger partial charge in [0.25, 0.3) is 0 Å². The number of anilines is 2. The molecule has 0 unspecified atom stereocenters. The van der Waals surface area contributed by atoms with Gasteiger partial charge in [-0.25, -0.2) is 0 Å². The molecule has 0 saturated carbocycles. The number of aryl methyl sites for hydroxylation is 2. The number of hydrogen-bond acceptors (Lipinski definition) is 1. The van der Waals surface area contributed by atoms with Crippen LogP contribution in [-0.4, -0.2) is 5.11 Å². The summed E-state index contributed by atoms with van der Waals surface area (Å²) in [6, 6.07) is 24.8. The van der Waals surface area contributed by atoms with Crippen molar-refractivity contribution in [3.05, 3.63) is 83.9 Å². The molecule has 2 N–H and O–H groups in total. The van der Waals surface area contributed by atoms with Crippen molar-refractivity contribution in [2.24, 2.45) is 0 Å². The Morgan fingerprint density at radius 3 is 2.08 bits per heavy atom. The predicted octanol–water partition coefficient (Wildman–Crippen LogP) is 5.78. The van der Waals surface area contributed by atoms with E-state index in [4.69, 9.17) is 12.2 Å². The molecule has 0 radical (unpaired) electrons. The van der Waals surface area contributed by atoms with Gasteiger partial charge in [-0.3, -0.25) is 0 Å². The van der Waals surface area contributed by atoms with Gasteiger partial charge < -0.3 is 10.6 Å². The number of benzene rings is 3. The summed E-state index contributed by atoms with van der Waals surface area (Å²) in [7, 11) is 0. The van der Waals surface area contributed by atoms with Crippen LogP contribution in [0.3, 0.4) is 0 Å². The molecule has 0 aliphatic carbocycles. The van der Waals surface area contributed by atoms with Crippen LogP contribution in [0.15, 0.2) is 72.8 Å². The van der Waals surface area contributed by atoms with Gasteiger partial charge in [0.2, 0.25) is 0 Å². The van der Waals surface area contributed by atoms with Gasteiger partial charge in [0.05, 0.1) is 0 Å². The van der Waals surface area contributed by atoms with Gasteiger partial charge in [0, 0.05) is 16.9 Å². The molecule has 3 rings (SSSR count). The zero-order valence-electron chi connectivity index (χ0n) is 13.8. The van der Waals surface area contributed by atoms with E-state index in [1.54, 1.807) is 0 Å². The van der Waals surface area contributed by atoms with Crippen molar-refractivity contribution < 1.29 is 0 Å². The van der Waals surface area contributed by atoms with Crippen LogP contribution in [0.4, 0.5) is 11.4 Å². The van der Waals surface area contributed by atoms with Crippen LogP contribution in [0, 0.1) is 13.8 Å². The van der Waals surface area contributed by atoms with Gasteiger partial charge in [-0.2, -0.15) is 0 Å². The van der Waals surface area contributed by atoms with E-state index < -0.39 is 0 Å². The molecular formula is C21H20N2S. The Kier molecular flexibility index (Phi) is 4.92. The van der Waals surface area contributed by atoms with Crippen LogP contribution in [0.25, 0.3) is 11.1 Å². The van der Waals surface area contributed by atoms with Crippen molar-refractivity contribution in [1.29, 1.82) is 0 Å². The fraction of sp³-hybridized carbons (Fsp3) is 0.0952. The van der Waals surface area contributed by atoms with E-state index in [2.05, 4.69) is 60.9 Å². The highest BCUT2D eigenvalue weighted by molar-refractivity contribution is 7.80. The maximum Gasteiger partial charge on any atom is 0.175 e. The van der Waals surface area contributed by atoms with Gasteiger partial charge in [-0.05, 0) is 61.0 Å². The number of thiocarbonyl (C=S) groups is 1. The van der Waals surface area contributed by atoms with E-state index in [0.29, 0.717) is 5.11 Å². The summed E-state index contributed by atoms with van der Waals surface area (Å²) in [6.45, 7) is 4.17. The first-order chi connectivity index (χ1) is 11.6. The Bertz CT molecular complexity index is 836. The lowest BCUT2D eigenvalue weighted by Gasteiger charge is -2.15. The van der Waals surface area contributed by atoms with Crippen LogP contribution in [0.5, 0.6) is 0 Å². The highest BCUT2D eigenvalue weighted by atomic mass is 32.1. The monoisotopic (exact) mass is 332 g/mol. The van der Waals surface area contributed by atoms with Crippen LogP contribution in [0.1, 0.15) is 11.1 Å². The van der Waals surface area contributed by atoms with E-state index in [1.807, 2.05) is 36.4 Å². The van der Waals surface area contributed by atoms with Crippen molar-refractivity contribution in [3.8, 4) is 11.1 Å². The zero-order valence-corrected chi connectivity index (χ0v) is 14.7. The minimum atomic E-state index is 0.586. The van der Waals surface area contributed by atoms with Crippen molar-refractivity contribution in [2.75, 3.05) is 10.6 Å².